The lowest BCUT2D eigenvalue weighted by atomic mass is 9.98. The van der Waals surface area contributed by atoms with Crippen LogP contribution in [0.1, 0.15) is 11.1 Å². The van der Waals surface area contributed by atoms with E-state index < -0.39 is 17.8 Å². The number of aryl methyl sites for hydroxylation is 1. The lowest BCUT2D eigenvalue weighted by Crippen LogP contribution is -2.46. The molecule has 3 rings (SSSR count). The molecule has 1 aliphatic rings. The molecule has 2 N–H and O–H groups in total. The van der Waals surface area contributed by atoms with E-state index in [1.54, 1.807) is 24.3 Å². The molecule has 0 saturated heterocycles. The first-order chi connectivity index (χ1) is 13.4. The van der Waals surface area contributed by atoms with Crippen LogP contribution in [0.5, 0.6) is 5.75 Å². The molecule has 7 nitrogen and oxygen atoms in total. The summed E-state index contributed by atoms with van der Waals surface area (Å²) in [5, 5.41) is 12.1. The van der Waals surface area contributed by atoms with Gasteiger partial charge in [0.15, 0.2) is 6.61 Å². The molecule has 0 saturated carbocycles. The highest BCUT2D eigenvalue weighted by Gasteiger charge is 2.27. The van der Waals surface area contributed by atoms with Gasteiger partial charge in [0.05, 0.1) is 11.6 Å². The van der Waals surface area contributed by atoms with Crippen molar-refractivity contribution in [3.63, 3.8) is 0 Å². The van der Waals surface area contributed by atoms with Crippen LogP contribution in [-0.2, 0) is 20.8 Å². The van der Waals surface area contributed by atoms with E-state index in [0.29, 0.717) is 17.9 Å². The predicted octanol–water partition coefficient (Wildman–Crippen LogP) is 1.78. The number of aliphatic carboxylic acids is 1. The second-order valence-corrected chi connectivity index (χ2v) is 6.77. The summed E-state index contributed by atoms with van der Waals surface area (Å²) >= 11 is 0. The van der Waals surface area contributed by atoms with E-state index in [4.69, 9.17) is 4.74 Å². The number of hydrogen-bond donors (Lipinski definition) is 2. The van der Waals surface area contributed by atoms with Crippen LogP contribution in [0.25, 0.3) is 0 Å². The third-order valence-electron chi connectivity index (χ3n) is 4.57. The maximum atomic E-state index is 12.4. The summed E-state index contributed by atoms with van der Waals surface area (Å²) in [4.78, 5) is 37.4. The monoisotopic (exact) mass is 382 g/mol. The molecule has 1 heterocycles. The summed E-state index contributed by atoms with van der Waals surface area (Å²) in [5.41, 5.74) is 2.48. The maximum Gasteiger partial charge on any atom is 0.308 e. The van der Waals surface area contributed by atoms with Gasteiger partial charge in [-0.25, -0.2) is 0 Å². The van der Waals surface area contributed by atoms with Crippen molar-refractivity contribution in [1.82, 2.24) is 5.32 Å². The number of hydrogen-bond acceptors (Lipinski definition) is 4. The van der Waals surface area contributed by atoms with Gasteiger partial charge in [-0.15, -0.1) is 0 Å². The number of fused-ring (bicyclic) bond motifs is 1. The van der Waals surface area contributed by atoms with Crippen molar-refractivity contribution in [2.24, 2.45) is 5.92 Å². The van der Waals surface area contributed by atoms with Gasteiger partial charge in [0.25, 0.3) is 5.91 Å². The number of anilines is 1. The molecule has 0 radical (unpaired) electrons. The largest absolute Gasteiger partial charge is 0.482 e. The van der Waals surface area contributed by atoms with E-state index in [1.807, 2.05) is 31.2 Å². The van der Waals surface area contributed by atoms with Gasteiger partial charge in [0.1, 0.15) is 12.3 Å². The number of amides is 2. The van der Waals surface area contributed by atoms with Gasteiger partial charge in [-0.2, -0.15) is 0 Å². The fourth-order valence-corrected chi connectivity index (χ4v) is 3.13. The van der Waals surface area contributed by atoms with E-state index in [2.05, 4.69) is 5.32 Å². The van der Waals surface area contributed by atoms with Crippen LogP contribution >= 0.6 is 0 Å². The van der Waals surface area contributed by atoms with Crippen LogP contribution in [0, 0.1) is 12.8 Å². The normalized spacial score (nSPS) is 14.0. The summed E-state index contributed by atoms with van der Waals surface area (Å²) in [5.74, 6) is -1.92. The molecule has 1 unspecified atom stereocenters. The zero-order valence-electron chi connectivity index (χ0n) is 15.6. The van der Waals surface area contributed by atoms with Crippen molar-refractivity contribution in [3.05, 3.63) is 59.7 Å². The van der Waals surface area contributed by atoms with Gasteiger partial charge in [-0.1, -0.05) is 42.0 Å². The summed E-state index contributed by atoms with van der Waals surface area (Å²) in [6, 6.07) is 14.6. The van der Waals surface area contributed by atoms with E-state index in [0.717, 1.165) is 11.1 Å². The lowest BCUT2D eigenvalue weighted by molar-refractivity contribution is -0.141. The van der Waals surface area contributed by atoms with Crippen molar-refractivity contribution in [1.29, 1.82) is 0 Å². The van der Waals surface area contributed by atoms with Crippen molar-refractivity contribution in [3.8, 4) is 5.75 Å². The Balaban J connectivity index is 1.61. The van der Waals surface area contributed by atoms with Crippen LogP contribution in [0.2, 0.25) is 0 Å². The number of carbonyl (C=O) groups excluding carboxylic acids is 2. The number of carboxylic acid groups (broad SMARTS) is 1. The average molecular weight is 382 g/mol. The first-order valence-corrected chi connectivity index (χ1v) is 9.01. The molecule has 1 aliphatic heterocycles. The SMILES string of the molecule is Cc1cccc(CC(CNC(=O)CN2C(=O)COc3ccccc32)C(=O)O)c1. The van der Waals surface area contributed by atoms with Gasteiger partial charge in [0.2, 0.25) is 5.91 Å². The van der Waals surface area contributed by atoms with E-state index >= 15 is 0 Å². The zero-order chi connectivity index (χ0) is 20.1. The highest BCUT2D eigenvalue weighted by Crippen LogP contribution is 2.31. The molecule has 0 aromatic heterocycles. The number of benzene rings is 2. The summed E-state index contributed by atoms with van der Waals surface area (Å²) in [6.45, 7) is 1.62. The van der Waals surface area contributed by atoms with Gasteiger partial charge >= 0.3 is 5.97 Å². The topological polar surface area (TPSA) is 95.9 Å². The summed E-state index contributed by atoms with van der Waals surface area (Å²) in [7, 11) is 0. The Bertz CT molecular complexity index is 896. The van der Waals surface area contributed by atoms with Crippen LogP contribution in [0.15, 0.2) is 48.5 Å². The summed E-state index contributed by atoms with van der Waals surface area (Å²) < 4.78 is 5.35. The van der Waals surface area contributed by atoms with Gasteiger partial charge in [-0.3, -0.25) is 19.3 Å². The highest BCUT2D eigenvalue weighted by molar-refractivity contribution is 6.02. The molecule has 146 valence electrons. The lowest BCUT2D eigenvalue weighted by Gasteiger charge is -2.28. The van der Waals surface area contributed by atoms with Crippen LogP contribution in [0.3, 0.4) is 0 Å². The molecule has 7 heteroatoms. The van der Waals surface area contributed by atoms with Crippen molar-refractivity contribution >= 4 is 23.5 Å². The van der Waals surface area contributed by atoms with Gasteiger partial charge in [-0.05, 0) is 31.0 Å². The smallest absolute Gasteiger partial charge is 0.308 e. The quantitative estimate of drug-likeness (QED) is 0.761. The second kappa shape index (κ2) is 8.56. The fraction of sp³-hybridized carbons (Fsp3) is 0.286. The molecular formula is C21H22N2O5. The highest BCUT2D eigenvalue weighted by atomic mass is 16.5. The maximum absolute atomic E-state index is 12.4. The molecule has 1 atom stereocenters. The molecule has 2 aromatic rings. The van der Waals surface area contributed by atoms with Crippen LogP contribution < -0.4 is 15.0 Å². The molecular weight excluding hydrogens is 360 g/mol. The van der Waals surface area contributed by atoms with Crippen molar-refractivity contribution in [2.45, 2.75) is 13.3 Å². The number of ether oxygens (including phenoxy) is 1. The predicted molar refractivity (Wildman–Crippen MR) is 103 cm³/mol. The molecule has 0 fully saturated rings. The molecule has 0 bridgehead atoms. The van der Waals surface area contributed by atoms with E-state index in [1.165, 1.54) is 4.90 Å². The van der Waals surface area contributed by atoms with Crippen LogP contribution in [0.4, 0.5) is 5.69 Å². The zero-order valence-corrected chi connectivity index (χ0v) is 15.6. The Morgan fingerprint density at radius 1 is 1.21 bits per heavy atom. The van der Waals surface area contributed by atoms with Crippen molar-refractivity contribution < 1.29 is 24.2 Å². The fourth-order valence-electron chi connectivity index (χ4n) is 3.13. The van der Waals surface area contributed by atoms with Gasteiger partial charge in [0, 0.05) is 6.54 Å². The van der Waals surface area contributed by atoms with E-state index in [-0.39, 0.29) is 25.6 Å². The molecule has 2 aromatic carbocycles. The minimum atomic E-state index is -0.977. The first kappa shape index (κ1) is 19.4. The minimum Gasteiger partial charge on any atom is -0.482 e. The summed E-state index contributed by atoms with van der Waals surface area (Å²) in [6.07, 6.45) is 0.316. The number of carboxylic acids is 1. The third-order valence-corrected chi connectivity index (χ3v) is 4.57. The number of rotatable bonds is 7. The Kier molecular flexibility index (Phi) is 5.93. The van der Waals surface area contributed by atoms with Gasteiger partial charge < -0.3 is 15.2 Å². The first-order valence-electron chi connectivity index (χ1n) is 9.01. The Morgan fingerprint density at radius 3 is 2.75 bits per heavy atom. The standard InChI is InChI=1S/C21H22N2O5/c1-14-5-4-6-15(9-14)10-16(21(26)27)11-22-19(24)12-23-17-7-2-3-8-18(17)28-13-20(23)25/h2-9,16H,10-13H2,1H3,(H,22,24)(H,26,27). The Morgan fingerprint density at radius 2 is 2.00 bits per heavy atom. The Hall–Kier alpha value is -3.35. The molecule has 0 spiro atoms. The number of para-hydroxylation sites is 2. The number of nitrogens with zero attached hydrogens (tertiary/aromatic N) is 1. The minimum absolute atomic E-state index is 0.0116. The van der Waals surface area contributed by atoms with E-state index in [9.17, 15) is 19.5 Å². The number of nitrogens with one attached hydrogen (secondary N) is 1. The molecule has 0 aliphatic carbocycles. The van der Waals surface area contributed by atoms with Crippen LogP contribution in [-0.4, -0.2) is 42.6 Å². The number of carbonyl (C=O) groups is 3. The Labute approximate surface area is 162 Å². The molecule has 28 heavy (non-hydrogen) atoms. The molecule has 2 amide bonds. The third kappa shape index (κ3) is 4.68. The second-order valence-electron chi connectivity index (χ2n) is 6.77. The van der Waals surface area contributed by atoms with Crippen molar-refractivity contribution in [2.75, 3.05) is 24.6 Å². The average Bonchev–Trinajstić information content (AvgIpc) is 2.67.